The molecule has 0 bridgehead atoms. The van der Waals surface area contributed by atoms with Crippen molar-refractivity contribution < 1.29 is 10.1 Å². The number of pyridine rings is 2. The average Bonchev–Trinajstić information content (AvgIpc) is 2.74. The molecule has 0 unspecified atom stereocenters. The SMILES string of the molecule is Cc1ccc2ccc([C@@H](Nc3cccc[nH+]3)c3ccc(N(C)C)cc3)c(O)c2n1. The Bertz CT molecular complexity index is 1120. The fourth-order valence-electron chi connectivity index (χ4n) is 3.46. The second-order valence-corrected chi connectivity index (χ2v) is 7.37. The third-order valence-electron chi connectivity index (χ3n) is 5.07. The van der Waals surface area contributed by atoms with E-state index in [2.05, 4.69) is 44.5 Å². The predicted octanol–water partition coefficient (Wildman–Crippen LogP) is 4.33. The summed E-state index contributed by atoms with van der Waals surface area (Å²) in [4.78, 5) is 9.85. The number of aryl methyl sites for hydroxylation is 1. The molecule has 3 N–H and O–H groups in total. The van der Waals surface area contributed by atoms with Gasteiger partial charge in [-0.3, -0.25) is 5.32 Å². The van der Waals surface area contributed by atoms with Gasteiger partial charge in [-0.2, -0.15) is 0 Å². The molecule has 0 radical (unpaired) electrons. The molecule has 5 nitrogen and oxygen atoms in total. The fraction of sp³-hybridized carbons (Fsp3) is 0.167. The first-order chi connectivity index (χ1) is 14.0. The van der Waals surface area contributed by atoms with Crippen molar-refractivity contribution in [1.29, 1.82) is 0 Å². The number of phenols is 1. The first-order valence-corrected chi connectivity index (χ1v) is 9.62. The number of H-pyrrole nitrogens is 1. The lowest BCUT2D eigenvalue weighted by atomic mass is 9.96. The summed E-state index contributed by atoms with van der Waals surface area (Å²) in [7, 11) is 4.04. The minimum atomic E-state index is -0.239. The summed E-state index contributed by atoms with van der Waals surface area (Å²) >= 11 is 0. The van der Waals surface area contributed by atoms with Gasteiger partial charge in [0, 0.05) is 48.1 Å². The highest BCUT2D eigenvalue weighted by Crippen LogP contribution is 2.36. The highest BCUT2D eigenvalue weighted by molar-refractivity contribution is 5.86. The highest BCUT2D eigenvalue weighted by Gasteiger charge is 2.24. The van der Waals surface area contributed by atoms with Crippen LogP contribution in [0.3, 0.4) is 0 Å². The van der Waals surface area contributed by atoms with E-state index in [-0.39, 0.29) is 11.8 Å². The number of aromatic hydroxyl groups is 1. The zero-order chi connectivity index (χ0) is 20.4. The second kappa shape index (κ2) is 7.80. The summed E-state index contributed by atoms with van der Waals surface area (Å²) in [6.45, 7) is 1.93. The van der Waals surface area contributed by atoms with Gasteiger partial charge >= 0.3 is 0 Å². The highest BCUT2D eigenvalue weighted by atomic mass is 16.3. The number of aromatic nitrogens is 2. The molecule has 4 rings (SSSR count). The Hall–Kier alpha value is -3.60. The number of phenolic OH excluding ortho intramolecular Hbond substituents is 1. The Morgan fingerprint density at radius 3 is 2.41 bits per heavy atom. The van der Waals surface area contributed by atoms with Crippen LogP contribution >= 0.6 is 0 Å². The lowest BCUT2D eigenvalue weighted by molar-refractivity contribution is -0.361. The molecule has 1 atom stereocenters. The Labute approximate surface area is 170 Å². The fourth-order valence-corrected chi connectivity index (χ4v) is 3.46. The van der Waals surface area contributed by atoms with Crippen LogP contribution in [0.4, 0.5) is 11.5 Å². The van der Waals surface area contributed by atoms with Gasteiger partial charge in [0.1, 0.15) is 17.3 Å². The van der Waals surface area contributed by atoms with Crippen LogP contribution in [0.25, 0.3) is 10.9 Å². The molecule has 2 aromatic heterocycles. The minimum Gasteiger partial charge on any atom is -0.505 e. The van der Waals surface area contributed by atoms with Crippen LogP contribution in [0.15, 0.2) is 72.9 Å². The summed E-state index contributed by atoms with van der Waals surface area (Å²) in [5.41, 5.74) is 4.46. The van der Waals surface area contributed by atoms with E-state index in [0.717, 1.165) is 33.7 Å². The van der Waals surface area contributed by atoms with E-state index < -0.39 is 0 Å². The number of benzene rings is 2. The molecule has 0 fully saturated rings. The molecule has 0 saturated carbocycles. The van der Waals surface area contributed by atoms with Crippen LogP contribution in [-0.2, 0) is 0 Å². The van der Waals surface area contributed by atoms with Gasteiger partial charge in [-0.1, -0.05) is 30.3 Å². The van der Waals surface area contributed by atoms with E-state index in [1.165, 1.54) is 0 Å². The van der Waals surface area contributed by atoms with Crippen molar-refractivity contribution in [2.75, 3.05) is 24.3 Å². The van der Waals surface area contributed by atoms with E-state index in [9.17, 15) is 5.11 Å². The van der Waals surface area contributed by atoms with Crippen LogP contribution in [0.5, 0.6) is 5.75 Å². The van der Waals surface area contributed by atoms with Gasteiger partial charge in [0.2, 0.25) is 0 Å². The zero-order valence-corrected chi connectivity index (χ0v) is 16.8. The van der Waals surface area contributed by atoms with Crippen LogP contribution in [0.2, 0.25) is 0 Å². The smallest absolute Gasteiger partial charge is 0.272 e. The molecule has 0 spiro atoms. The van der Waals surface area contributed by atoms with Crippen molar-refractivity contribution in [2.24, 2.45) is 0 Å². The largest absolute Gasteiger partial charge is 0.505 e. The maximum atomic E-state index is 11.1. The summed E-state index contributed by atoms with van der Waals surface area (Å²) in [5.74, 6) is 1.07. The molecular formula is C24H25N4O+. The first kappa shape index (κ1) is 18.7. The van der Waals surface area contributed by atoms with Gasteiger partial charge in [0.05, 0.1) is 6.20 Å². The van der Waals surface area contributed by atoms with Crippen LogP contribution in [0, 0.1) is 6.92 Å². The maximum Gasteiger partial charge on any atom is 0.272 e. The van der Waals surface area contributed by atoms with Gasteiger partial charge in [-0.05, 0) is 37.3 Å². The van der Waals surface area contributed by atoms with Crippen molar-refractivity contribution >= 4 is 22.4 Å². The van der Waals surface area contributed by atoms with Crippen molar-refractivity contribution in [1.82, 2.24) is 4.98 Å². The van der Waals surface area contributed by atoms with Gasteiger partial charge < -0.3 is 10.0 Å². The summed E-state index contributed by atoms with van der Waals surface area (Å²) in [6, 6.07) is 21.9. The Balaban J connectivity index is 1.83. The number of aromatic amines is 1. The average molecular weight is 385 g/mol. The quantitative estimate of drug-likeness (QED) is 0.537. The molecule has 2 aromatic carbocycles. The number of hydrogen-bond acceptors (Lipinski definition) is 4. The van der Waals surface area contributed by atoms with Gasteiger partial charge in [-0.15, -0.1) is 0 Å². The van der Waals surface area contributed by atoms with Gasteiger partial charge in [0.25, 0.3) is 5.82 Å². The molecule has 2 heterocycles. The molecule has 0 saturated heterocycles. The van der Waals surface area contributed by atoms with Crippen molar-refractivity contribution in [3.05, 3.63) is 89.7 Å². The Morgan fingerprint density at radius 2 is 1.72 bits per heavy atom. The van der Waals surface area contributed by atoms with Crippen molar-refractivity contribution in [3.63, 3.8) is 0 Å². The van der Waals surface area contributed by atoms with Gasteiger partial charge in [-0.25, -0.2) is 9.97 Å². The summed E-state index contributed by atoms with van der Waals surface area (Å²) in [6.07, 6.45) is 1.87. The Kier molecular flexibility index (Phi) is 5.04. The first-order valence-electron chi connectivity index (χ1n) is 9.62. The number of nitrogens with one attached hydrogen (secondary N) is 2. The lowest BCUT2D eigenvalue weighted by Gasteiger charge is -2.19. The van der Waals surface area contributed by atoms with Crippen LogP contribution in [0.1, 0.15) is 22.9 Å². The van der Waals surface area contributed by atoms with Crippen LogP contribution < -0.4 is 15.2 Å². The zero-order valence-electron chi connectivity index (χ0n) is 16.8. The maximum absolute atomic E-state index is 11.1. The molecule has 0 amide bonds. The monoisotopic (exact) mass is 385 g/mol. The van der Waals surface area contributed by atoms with E-state index >= 15 is 0 Å². The van der Waals surface area contributed by atoms with Gasteiger partial charge in [0.15, 0.2) is 0 Å². The predicted molar refractivity (Wildman–Crippen MR) is 117 cm³/mol. The summed E-state index contributed by atoms with van der Waals surface area (Å²) in [5, 5.41) is 15.6. The van der Waals surface area contributed by atoms with E-state index in [1.54, 1.807) is 0 Å². The minimum absolute atomic E-state index is 0.205. The van der Waals surface area contributed by atoms with E-state index in [0.29, 0.717) is 5.52 Å². The number of rotatable bonds is 5. The standard InChI is InChI=1S/C24H24N4O/c1-16-7-8-18-11-14-20(24(29)23(18)26-16)22(27-21-6-4-5-15-25-21)17-9-12-19(13-10-17)28(2)3/h4-15,22,29H,1-3H3,(H,25,27)/p+1/t22-/m0/s1. The lowest BCUT2D eigenvalue weighted by Crippen LogP contribution is -2.19. The molecule has 4 aromatic rings. The number of hydrogen-bond donors (Lipinski definition) is 2. The molecule has 0 aliphatic heterocycles. The molecule has 0 aliphatic rings. The second-order valence-electron chi connectivity index (χ2n) is 7.37. The molecule has 0 aliphatic carbocycles. The van der Waals surface area contributed by atoms with Crippen LogP contribution in [-0.4, -0.2) is 24.2 Å². The summed E-state index contributed by atoms with van der Waals surface area (Å²) < 4.78 is 0. The van der Waals surface area contributed by atoms with E-state index in [4.69, 9.17) is 0 Å². The normalized spacial score (nSPS) is 12.0. The van der Waals surface area contributed by atoms with Crippen molar-refractivity contribution in [2.45, 2.75) is 13.0 Å². The molecule has 146 valence electrons. The molecule has 5 heteroatoms. The third kappa shape index (κ3) is 3.85. The number of fused-ring (bicyclic) bond motifs is 1. The van der Waals surface area contributed by atoms with Crippen molar-refractivity contribution in [3.8, 4) is 5.75 Å². The topological polar surface area (TPSA) is 62.5 Å². The molecular weight excluding hydrogens is 360 g/mol. The molecule has 29 heavy (non-hydrogen) atoms. The third-order valence-corrected chi connectivity index (χ3v) is 5.07. The Morgan fingerprint density at radius 1 is 0.966 bits per heavy atom. The van der Waals surface area contributed by atoms with E-state index in [1.807, 2.05) is 69.7 Å². The number of anilines is 2. The number of nitrogens with zero attached hydrogens (tertiary/aromatic N) is 2.